The molecule has 0 fully saturated rings. The molecular weight excluding hydrogens is 340 g/mol. The summed E-state index contributed by atoms with van der Waals surface area (Å²) in [5.74, 6) is 0.408. The van der Waals surface area contributed by atoms with Crippen LogP contribution in [-0.2, 0) is 18.3 Å². The first kappa shape index (κ1) is 18.4. The summed E-state index contributed by atoms with van der Waals surface area (Å²) >= 11 is 0. The van der Waals surface area contributed by atoms with Gasteiger partial charge in [0.1, 0.15) is 5.82 Å². The van der Waals surface area contributed by atoms with Crippen molar-refractivity contribution in [2.45, 2.75) is 6.42 Å². The van der Waals surface area contributed by atoms with Crippen LogP contribution in [0.25, 0.3) is 11.1 Å². The number of rotatable bonds is 7. The van der Waals surface area contributed by atoms with Gasteiger partial charge in [-0.1, -0.05) is 42.5 Å². The summed E-state index contributed by atoms with van der Waals surface area (Å²) < 4.78 is 1.91. The Hall–Kier alpha value is -3.41. The van der Waals surface area contributed by atoms with E-state index >= 15 is 0 Å². The molecule has 0 aliphatic heterocycles. The average molecular weight is 362 g/mol. The minimum Gasteiger partial charge on any atom is -0.354 e. The topological polar surface area (TPSA) is 76.0 Å². The molecule has 2 aromatic carbocycles. The van der Waals surface area contributed by atoms with Gasteiger partial charge in [-0.25, -0.2) is 4.98 Å². The number of aromatic nitrogens is 2. The number of nitrogens with zero attached hydrogens (tertiary/aromatic N) is 2. The number of nitrogens with one attached hydrogen (secondary N) is 2. The Bertz CT molecular complexity index is 901. The fourth-order valence-electron chi connectivity index (χ4n) is 2.72. The van der Waals surface area contributed by atoms with Gasteiger partial charge in [0, 0.05) is 38.0 Å². The molecule has 0 radical (unpaired) electrons. The molecule has 2 N–H and O–H groups in total. The number of amides is 2. The van der Waals surface area contributed by atoms with Crippen molar-refractivity contribution in [3.05, 3.63) is 78.4 Å². The summed E-state index contributed by atoms with van der Waals surface area (Å²) in [6.45, 7) is 0.422. The predicted octanol–water partition coefficient (Wildman–Crippen LogP) is 2.18. The molecule has 6 heteroatoms. The van der Waals surface area contributed by atoms with E-state index in [1.165, 1.54) is 0 Å². The Kier molecular flexibility index (Phi) is 5.99. The van der Waals surface area contributed by atoms with Crippen LogP contribution in [0.5, 0.6) is 0 Å². The van der Waals surface area contributed by atoms with Gasteiger partial charge in [0.25, 0.3) is 5.91 Å². The number of benzene rings is 2. The Morgan fingerprint density at radius 1 is 0.963 bits per heavy atom. The smallest absolute Gasteiger partial charge is 0.251 e. The summed E-state index contributed by atoms with van der Waals surface area (Å²) in [5, 5.41) is 5.42. The van der Waals surface area contributed by atoms with Crippen LogP contribution in [0.2, 0.25) is 0 Å². The molecular formula is C21H22N4O2. The summed E-state index contributed by atoms with van der Waals surface area (Å²) in [4.78, 5) is 28.3. The molecule has 0 atom stereocenters. The van der Waals surface area contributed by atoms with Crippen LogP contribution < -0.4 is 10.6 Å². The van der Waals surface area contributed by atoms with Crippen LogP contribution in [-0.4, -0.2) is 34.5 Å². The molecule has 0 bridgehead atoms. The van der Waals surface area contributed by atoms with E-state index in [0.717, 1.165) is 17.0 Å². The molecule has 0 saturated carbocycles. The first-order valence-corrected chi connectivity index (χ1v) is 8.80. The maximum atomic E-state index is 12.2. The summed E-state index contributed by atoms with van der Waals surface area (Å²) in [6, 6.07) is 17.3. The molecule has 3 rings (SSSR count). The first-order valence-electron chi connectivity index (χ1n) is 8.80. The van der Waals surface area contributed by atoms with Crippen LogP contribution in [0, 0.1) is 0 Å². The third kappa shape index (κ3) is 5.04. The fourth-order valence-corrected chi connectivity index (χ4v) is 2.72. The third-order valence-corrected chi connectivity index (χ3v) is 4.26. The van der Waals surface area contributed by atoms with Gasteiger partial charge in [0.05, 0.1) is 6.54 Å². The first-order chi connectivity index (χ1) is 13.1. The fraction of sp³-hybridized carbons (Fsp3) is 0.190. The largest absolute Gasteiger partial charge is 0.354 e. The molecule has 1 aromatic heterocycles. The van der Waals surface area contributed by atoms with Gasteiger partial charge in [-0.2, -0.15) is 0 Å². The van der Waals surface area contributed by atoms with E-state index in [9.17, 15) is 9.59 Å². The van der Waals surface area contributed by atoms with Gasteiger partial charge in [-0.3, -0.25) is 9.59 Å². The minimum absolute atomic E-state index is 0.0557. The summed E-state index contributed by atoms with van der Waals surface area (Å²) in [6.07, 6.45) is 4.23. The van der Waals surface area contributed by atoms with Crippen LogP contribution in [0.1, 0.15) is 16.2 Å². The normalized spacial score (nSPS) is 10.4. The van der Waals surface area contributed by atoms with Crippen molar-refractivity contribution < 1.29 is 9.59 Å². The standard InChI is InChI=1S/C21H22N4O2/c1-25-14-13-22-19(25)11-12-23-20(26)15-24-21(27)18-9-7-17(8-10-18)16-5-3-2-4-6-16/h2-10,13-14H,11-12,15H2,1H3,(H,23,26)(H,24,27). The molecule has 2 amide bonds. The van der Waals surface area contributed by atoms with Gasteiger partial charge in [-0.05, 0) is 23.3 Å². The molecule has 6 nitrogen and oxygen atoms in total. The lowest BCUT2D eigenvalue weighted by molar-refractivity contribution is -0.120. The highest BCUT2D eigenvalue weighted by atomic mass is 16.2. The van der Waals surface area contributed by atoms with E-state index in [0.29, 0.717) is 18.5 Å². The summed E-state index contributed by atoms with van der Waals surface area (Å²) in [5.41, 5.74) is 2.66. The highest BCUT2D eigenvalue weighted by molar-refractivity contribution is 5.96. The number of hydrogen-bond acceptors (Lipinski definition) is 3. The molecule has 0 aliphatic rings. The molecule has 1 heterocycles. The molecule has 138 valence electrons. The highest BCUT2D eigenvalue weighted by Gasteiger charge is 2.08. The maximum Gasteiger partial charge on any atom is 0.251 e. The van der Waals surface area contributed by atoms with Crippen molar-refractivity contribution in [1.29, 1.82) is 0 Å². The van der Waals surface area contributed by atoms with Gasteiger partial charge in [-0.15, -0.1) is 0 Å². The zero-order valence-corrected chi connectivity index (χ0v) is 15.2. The highest BCUT2D eigenvalue weighted by Crippen LogP contribution is 2.19. The Morgan fingerprint density at radius 2 is 1.67 bits per heavy atom. The lowest BCUT2D eigenvalue weighted by Gasteiger charge is -2.08. The third-order valence-electron chi connectivity index (χ3n) is 4.26. The molecule has 27 heavy (non-hydrogen) atoms. The number of aryl methyl sites for hydroxylation is 1. The van der Waals surface area contributed by atoms with E-state index in [2.05, 4.69) is 15.6 Å². The van der Waals surface area contributed by atoms with Crippen molar-refractivity contribution in [2.24, 2.45) is 7.05 Å². The minimum atomic E-state index is -0.270. The molecule has 0 saturated heterocycles. The van der Waals surface area contributed by atoms with Crippen LogP contribution >= 0.6 is 0 Å². The van der Waals surface area contributed by atoms with Crippen LogP contribution in [0.3, 0.4) is 0 Å². The zero-order chi connectivity index (χ0) is 19.1. The van der Waals surface area contributed by atoms with E-state index in [1.807, 2.05) is 60.3 Å². The van der Waals surface area contributed by atoms with Crippen LogP contribution in [0.15, 0.2) is 67.0 Å². The van der Waals surface area contributed by atoms with Gasteiger partial charge >= 0.3 is 0 Å². The van der Waals surface area contributed by atoms with Crippen LogP contribution in [0.4, 0.5) is 0 Å². The lowest BCUT2D eigenvalue weighted by atomic mass is 10.0. The van der Waals surface area contributed by atoms with Crippen molar-refractivity contribution in [3.63, 3.8) is 0 Å². The predicted molar refractivity (Wildman–Crippen MR) is 104 cm³/mol. The zero-order valence-electron chi connectivity index (χ0n) is 15.2. The number of hydrogen-bond donors (Lipinski definition) is 2. The van der Waals surface area contributed by atoms with Crippen molar-refractivity contribution in [1.82, 2.24) is 20.2 Å². The second-order valence-electron chi connectivity index (χ2n) is 6.18. The van der Waals surface area contributed by atoms with E-state index in [1.54, 1.807) is 18.3 Å². The van der Waals surface area contributed by atoms with E-state index in [4.69, 9.17) is 0 Å². The number of carbonyl (C=O) groups excluding carboxylic acids is 2. The molecule has 0 spiro atoms. The Balaban J connectivity index is 1.44. The SMILES string of the molecule is Cn1ccnc1CCNC(=O)CNC(=O)c1ccc(-c2ccccc2)cc1. The second-order valence-corrected chi connectivity index (χ2v) is 6.18. The number of carbonyl (C=O) groups is 2. The Labute approximate surface area is 158 Å². The van der Waals surface area contributed by atoms with Crippen molar-refractivity contribution in [2.75, 3.05) is 13.1 Å². The monoisotopic (exact) mass is 362 g/mol. The lowest BCUT2D eigenvalue weighted by Crippen LogP contribution is -2.37. The van der Waals surface area contributed by atoms with Gasteiger partial charge < -0.3 is 15.2 Å². The molecule has 3 aromatic rings. The average Bonchev–Trinajstić information content (AvgIpc) is 3.12. The van der Waals surface area contributed by atoms with E-state index < -0.39 is 0 Å². The van der Waals surface area contributed by atoms with Gasteiger partial charge in [0.2, 0.25) is 5.91 Å². The number of imidazole rings is 1. The quantitative estimate of drug-likeness (QED) is 0.676. The van der Waals surface area contributed by atoms with Gasteiger partial charge in [0.15, 0.2) is 0 Å². The molecule has 0 aliphatic carbocycles. The van der Waals surface area contributed by atoms with Crippen molar-refractivity contribution in [3.8, 4) is 11.1 Å². The Morgan fingerprint density at radius 3 is 2.33 bits per heavy atom. The van der Waals surface area contributed by atoms with E-state index in [-0.39, 0.29) is 18.4 Å². The summed E-state index contributed by atoms with van der Waals surface area (Å²) in [7, 11) is 1.91. The second kappa shape index (κ2) is 8.80. The maximum absolute atomic E-state index is 12.2. The van der Waals surface area contributed by atoms with Crippen molar-refractivity contribution >= 4 is 11.8 Å². The molecule has 0 unspecified atom stereocenters.